The lowest BCUT2D eigenvalue weighted by Gasteiger charge is -2.10. The number of rotatable bonds is 8. The number of hydrogen-bond acceptors (Lipinski definition) is 3. The number of para-hydroxylation sites is 3. The van der Waals surface area contributed by atoms with Crippen LogP contribution in [0.4, 0.5) is 0 Å². The van der Waals surface area contributed by atoms with Crippen LogP contribution in [0, 0.1) is 6.92 Å². The summed E-state index contributed by atoms with van der Waals surface area (Å²) in [5.41, 5.74) is 4.42. The molecular weight excluding hydrogens is 372 g/mol. The number of imidazole rings is 1. The van der Waals surface area contributed by atoms with E-state index in [0.29, 0.717) is 6.61 Å². The Hall–Kier alpha value is -3.53. The summed E-state index contributed by atoms with van der Waals surface area (Å²) in [4.78, 5) is 4.82. The first-order chi connectivity index (χ1) is 14.7. The van der Waals surface area contributed by atoms with Crippen LogP contribution in [-0.4, -0.2) is 23.3 Å². The minimum atomic E-state index is 0.666. The fourth-order valence-electron chi connectivity index (χ4n) is 3.47. The van der Waals surface area contributed by atoms with Crippen LogP contribution in [0.5, 0.6) is 11.5 Å². The lowest BCUT2D eigenvalue weighted by molar-refractivity contribution is 0.300. The Morgan fingerprint density at radius 2 is 1.67 bits per heavy atom. The molecule has 0 saturated carbocycles. The van der Waals surface area contributed by atoms with Gasteiger partial charge in [-0.3, -0.25) is 0 Å². The Morgan fingerprint density at radius 3 is 2.47 bits per heavy atom. The maximum absolute atomic E-state index is 5.97. The van der Waals surface area contributed by atoms with Crippen LogP contribution in [0.15, 0.2) is 72.8 Å². The number of aromatic nitrogens is 2. The quantitative estimate of drug-likeness (QED) is 0.342. The predicted molar refractivity (Wildman–Crippen MR) is 123 cm³/mol. The van der Waals surface area contributed by atoms with Gasteiger partial charge in [0.2, 0.25) is 0 Å². The molecular formula is C26H26N2O2. The van der Waals surface area contributed by atoms with E-state index in [1.807, 2.05) is 48.5 Å². The maximum atomic E-state index is 5.97. The van der Waals surface area contributed by atoms with Gasteiger partial charge in [-0.15, -0.1) is 0 Å². The Kier molecular flexibility index (Phi) is 6.14. The van der Waals surface area contributed by atoms with E-state index in [0.717, 1.165) is 52.4 Å². The van der Waals surface area contributed by atoms with E-state index in [1.54, 1.807) is 7.11 Å². The highest BCUT2D eigenvalue weighted by Gasteiger charge is 2.08. The van der Waals surface area contributed by atoms with Crippen LogP contribution < -0.4 is 9.47 Å². The molecule has 4 nitrogen and oxygen atoms in total. The molecule has 4 aromatic rings. The third-order valence-corrected chi connectivity index (χ3v) is 5.10. The van der Waals surface area contributed by atoms with Crippen molar-refractivity contribution >= 4 is 23.2 Å². The molecule has 0 bridgehead atoms. The first-order valence-corrected chi connectivity index (χ1v) is 10.2. The van der Waals surface area contributed by atoms with E-state index in [1.165, 1.54) is 0 Å². The monoisotopic (exact) mass is 398 g/mol. The number of fused-ring (bicyclic) bond motifs is 1. The zero-order valence-corrected chi connectivity index (χ0v) is 17.4. The minimum absolute atomic E-state index is 0.666. The van der Waals surface area contributed by atoms with Crippen molar-refractivity contribution in [2.45, 2.75) is 19.9 Å². The zero-order chi connectivity index (χ0) is 20.8. The third kappa shape index (κ3) is 4.54. The van der Waals surface area contributed by atoms with Crippen molar-refractivity contribution in [3.05, 3.63) is 89.7 Å². The van der Waals surface area contributed by atoms with E-state index < -0.39 is 0 Å². The highest BCUT2D eigenvalue weighted by Crippen LogP contribution is 2.20. The number of ether oxygens (including phenoxy) is 2. The van der Waals surface area contributed by atoms with Crippen molar-refractivity contribution in [3.8, 4) is 11.5 Å². The summed E-state index contributed by atoms with van der Waals surface area (Å²) < 4.78 is 13.5. The fourth-order valence-corrected chi connectivity index (χ4v) is 3.47. The number of methoxy groups -OCH3 is 1. The molecule has 4 rings (SSSR count). The normalized spacial score (nSPS) is 11.3. The Labute approximate surface area is 177 Å². The van der Waals surface area contributed by atoms with Gasteiger partial charge in [-0.1, -0.05) is 48.5 Å². The molecule has 3 aromatic carbocycles. The van der Waals surface area contributed by atoms with Gasteiger partial charge >= 0.3 is 0 Å². The first-order valence-electron chi connectivity index (χ1n) is 10.2. The van der Waals surface area contributed by atoms with Gasteiger partial charge in [-0.2, -0.15) is 0 Å². The van der Waals surface area contributed by atoms with Gasteiger partial charge in [0.25, 0.3) is 0 Å². The van der Waals surface area contributed by atoms with Crippen molar-refractivity contribution in [3.63, 3.8) is 0 Å². The molecule has 152 valence electrons. The molecule has 0 amide bonds. The van der Waals surface area contributed by atoms with E-state index in [-0.39, 0.29) is 0 Å². The second-order valence-corrected chi connectivity index (χ2v) is 7.18. The van der Waals surface area contributed by atoms with Gasteiger partial charge in [0.15, 0.2) is 0 Å². The van der Waals surface area contributed by atoms with E-state index in [4.69, 9.17) is 14.5 Å². The second-order valence-electron chi connectivity index (χ2n) is 7.18. The van der Waals surface area contributed by atoms with Gasteiger partial charge in [0.1, 0.15) is 17.3 Å². The van der Waals surface area contributed by atoms with Crippen molar-refractivity contribution in [1.29, 1.82) is 0 Å². The van der Waals surface area contributed by atoms with E-state index in [2.05, 4.69) is 47.9 Å². The standard InChI is InChI=1S/C26H26N2O2/c1-20-8-3-6-11-25(20)30-19-7-18-28-24-10-5-4-9-23(24)27-26(28)17-14-21-12-15-22(29-2)16-13-21/h3-6,8-17H,7,18-19H2,1-2H3/b17-14+. The summed E-state index contributed by atoms with van der Waals surface area (Å²) >= 11 is 0. The lowest BCUT2D eigenvalue weighted by atomic mass is 10.2. The molecule has 0 aliphatic carbocycles. The van der Waals surface area contributed by atoms with Gasteiger partial charge in [-0.05, 0) is 60.9 Å². The van der Waals surface area contributed by atoms with Crippen LogP contribution in [0.25, 0.3) is 23.2 Å². The third-order valence-electron chi connectivity index (χ3n) is 5.10. The average Bonchev–Trinajstić information content (AvgIpc) is 3.14. The SMILES string of the molecule is COc1ccc(/C=C/c2nc3ccccc3n2CCCOc2ccccc2C)cc1. The largest absolute Gasteiger partial charge is 0.497 e. The average molecular weight is 399 g/mol. The van der Waals surface area contributed by atoms with Crippen LogP contribution in [-0.2, 0) is 6.54 Å². The molecule has 0 atom stereocenters. The smallest absolute Gasteiger partial charge is 0.133 e. The lowest BCUT2D eigenvalue weighted by Crippen LogP contribution is -2.06. The highest BCUT2D eigenvalue weighted by molar-refractivity contribution is 5.79. The molecule has 0 saturated heterocycles. The molecule has 1 heterocycles. The number of hydrogen-bond donors (Lipinski definition) is 0. The Bertz CT molecular complexity index is 1140. The fraction of sp³-hybridized carbons (Fsp3) is 0.192. The van der Waals surface area contributed by atoms with Crippen LogP contribution in [0.2, 0.25) is 0 Å². The van der Waals surface area contributed by atoms with Crippen molar-refractivity contribution in [1.82, 2.24) is 9.55 Å². The van der Waals surface area contributed by atoms with Crippen LogP contribution in [0.1, 0.15) is 23.4 Å². The summed E-state index contributed by atoms with van der Waals surface area (Å²) in [6.45, 7) is 3.58. The van der Waals surface area contributed by atoms with Gasteiger partial charge in [0, 0.05) is 6.54 Å². The predicted octanol–water partition coefficient (Wildman–Crippen LogP) is 5.99. The summed E-state index contributed by atoms with van der Waals surface area (Å²) in [6, 6.07) is 24.4. The molecule has 0 aliphatic rings. The second kappa shape index (κ2) is 9.31. The van der Waals surface area contributed by atoms with Gasteiger partial charge in [0.05, 0.1) is 24.8 Å². The highest BCUT2D eigenvalue weighted by atomic mass is 16.5. The van der Waals surface area contributed by atoms with E-state index in [9.17, 15) is 0 Å². The zero-order valence-electron chi connectivity index (χ0n) is 17.4. The molecule has 0 aliphatic heterocycles. The Balaban J connectivity index is 1.49. The van der Waals surface area contributed by atoms with Crippen LogP contribution >= 0.6 is 0 Å². The molecule has 0 N–H and O–H groups in total. The topological polar surface area (TPSA) is 36.3 Å². The van der Waals surface area contributed by atoms with Crippen LogP contribution in [0.3, 0.4) is 0 Å². The molecule has 4 heteroatoms. The molecule has 0 spiro atoms. The molecule has 30 heavy (non-hydrogen) atoms. The van der Waals surface area contributed by atoms with Crippen molar-refractivity contribution in [2.24, 2.45) is 0 Å². The molecule has 0 radical (unpaired) electrons. The van der Waals surface area contributed by atoms with Gasteiger partial charge in [-0.25, -0.2) is 4.98 Å². The maximum Gasteiger partial charge on any atom is 0.133 e. The number of aryl methyl sites for hydroxylation is 2. The van der Waals surface area contributed by atoms with E-state index >= 15 is 0 Å². The molecule has 0 unspecified atom stereocenters. The number of benzene rings is 3. The van der Waals surface area contributed by atoms with Gasteiger partial charge < -0.3 is 14.0 Å². The van der Waals surface area contributed by atoms with Crippen molar-refractivity contribution < 1.29 is 9.47 Å². The van der Waals surface area contributed by atoms with Crippen molar-refractivity contribution in [2.75, 3.05) is 13.7 Å². The summed E-state index contributed by atoms with van der Waals surface area (Å²) in [5.74, 6) is 2.75. The summed E-state index contributed by atoms with van der Waals surface area (Å²) in [5, 5.41) is 0. The number of nitrogens with zero attached hydrogens (tertiary/aromatic N) is 2. The molecule has 1 aromatic heterocycles. The first kappa shape index (κ1) is 19.8. The minimum Gasteiger partial charge on any atom is -0.497 e. The summed E-state index contributed by atoms with van der Waals surface area (Å²) in [6.07, 6.45) is 5.06. The molecule has 0 fully saturated rings. The summed E-state index contributed by atoms with van der Waals surface area (Å²) in [7, 11) is 1.68. The Morgan fingerprint density at radius 1 is 0.900 bits per heavy atom.